The fourth-order valence-electron chi connectivity index (χ4n) is 1.90. The molecule has 1 amide bonds. The maximum atomic E-state index is 12.1. The molecule has 100 valence electrons. The van der Waals surface area contributed by atoms with Crippen LogP contribution in [-0.2, 0) is 6.54 Å². The highest BCUT2D eigenvalue weighted by atomic mass is 16.1. The van der Waals surface area contributed by atoms with Crippen LogP contribution in [0.2, 0.25) is 0 Å². The molecule has 5 heteroatoms. The summed E-state index contributed by atoms with van der Waals surface area (Å²) in [6, 6.07) is 7.58. The molecule has 0 aliphatic heterocycles. The zero-order valence-corrected chi connectivity index (χ0v) is 11.1. The van der Waals surface area contributed by atoms with E-state index in [0.29, 0.717) is 18.1 Å². The van der Waals surface area contributed by atoms with Gasteiger partial charge in [-0.15, -0.1) is 0 Å². The third-order valence-electron chi connectivity index (χ3n) is 2.93. The van der Waals surface area contributed by atoms with Crippen molar-refractivity contribution in [3.05, 3.63) is 47.9 Å². The Hall–Kier alpha value is -2.30. The Labute approximate surface area is 112 Å². The van der Waals surface area contributed by atoms with Gasteiger partial charge in [-0.2, -0.15) is 0 Å². The van der Waals surface area contributed by atoms with Crippen LogP contribution in [0.15, 0.2) is 36.7 Å². The van der Waals surface area contributed by atoms with Crippen molar-refractivity contribution in [1.82, 2.24) is 14.9 Å². The summed E-state index contributed by atoms with van der Waals surface area (Å²) in [5, 5.41) is 2.86. The molecule has 0 aliphatic carbocycles. The fraction of sp³-hybridized carbons (Fsp3) is 0.286. The minimum Gasteiger partial charge on any atom is -0.383 e. The van der Waals surface area contributed by atoms with E-state index in [0.717, 1.165) is 5.56 Å². The summed E-state index contributed by atoms with van der Waals surface area (Å²) in [4.78, 5) is 16.1. The third-order valence-corrected chi connectivity index (χ3v) is 2.93. The lowest BCUT2D eigenvalue weighted by atomic mass is 10.2. The Bertz CT molecular complexity index is 574. The molecule has 19 heavy (non-hydrogen) atoms. The van der Waals surface area contributed by atoms with Gasteiger partial charge < -0.3 is 15.6 Å². The van der Waals surface area contributed by atoms with E-state index in [-0.39, 0.29) is 11.9 Å². The number of pyridine rings is 1. The van der Waals surface area contributed by atoms with Gasteiger partial charge in [-0.25, -0.2) is 4.98 Å². The number of nitrogen functional groups attached to an aromatic ring is 1. The van der Waals surface area contributed by atoms with E-state index in [1.807, 2.05) is 42.8 Å². The number of amides is 1. The number of nitrogens with two attached hydrogens (primary N) is 1. The zero-order valence-electron chi connectivity index (χ0n) is 11.1. The first-order valence-corrected chi connectivity index (χ1v) is 6.24. The third kappa shape index (κ3) is 2.93. The first kappa shape index (κ1) is 13.1. The first-order chi connectivity index (χ1) is 9.09. The van der Waals surface area contributed by atoms with Crippen LogP contribution in [0.4, 0.5) is 5.82 Å². The second-order valence-corrected chi connectivity index (χ2v) is 4.62. The number of nitrogens with one attached hydrogen (secondary N) is 1. The summed E-state index contributed by atoms with van der Waals surface area (Å²) in [6.45, 7) is 4.45. The molecule has 2 heterocycles. The average molecular weight is 258 g/mol. The van der Waals surface area contributed by atoms with Crippen LogP contribution in [0.3, 0.4) is 0 Å². The molecule has 0 saturated carbocycles. The van der Waals surface area contributed by atoms with Crippen molar-refractivity contribution in [2.45, 2.75) is 26.4 Å². The molecule has 0 unspecified atom stereocenters. The van der Waals surface area contributed by atoms with E-state index in [1.54, 1.807) is 12.3 Å². The highest BCUT2D eigenvalue weighted by Crippen LogP contribution is 2.11. The van der Waals surface area contributed by atoms with Gasteiger partial charge in [0.05, 0.1) is 0 Å². The average Bonchev–Trinajstić information content (AvgIpc) is 2.87. The Kier molecular flexibility index (Phi) is 3.85. The highest BCUT2D eigenvalue weighted by Gasteiger charge is 2.12. The van der Waals surface area contributed by atoms with Crippen molar-refractivity contribution in [3.63, 3.8) is 0 Å². The summed E-state index contributed by atoms with van der Waals surface area (Å²) in [6.07, 6.45) is 3.53. The van der Waals surface area contributed by atoms with Crippen molar-refractivity contribution in [2.24, 2.45) is 0 Å². The molecule has 0 radical (unpaired) electrons. The molecular weight excluding hydrogens is 240 g/mol. The van der Waals surface area contributed by atoms with Crippen molar-refractivity contribution in [3.8, 4) is 0 Å². The molecule has 3 N–H and O–H groups in total. The number of anilines is 1. The summed E-state index contributed by atoms with van der Waals surface area (Å²) in [5.41, 5.74) is 7.20. The van der Waals surface area contributed by atoms with Gasteiger partial charge in [-0.05, 0) is 32.0 Å². The van der Waals surface area contributed by atoms with Crippen LogP contribution < -0.4 is 11.1 Å². The van der Waals surface area contributed by atoms with E-state index >= 15 is 0 Å². The lowest BCUT2D eigenvalue weighted by molar-refractivity contribution is 0.0940. The summed E-state index contributed by atoms with van der Waals surface area (Å²) >= 11 is 0. The van der Waals surface area contributed by atoms with Crippen LogP contribution in [0.5, 0.6) is 0 Å². The van der Waals surface area contributed by atoms with Gasteiger partial charge in [0.1, 0.15) is 11.5 Å². The zero-order chi connectivity index (χ0) is 13.8. The van der Waals surface area contributed by atoms with Gasteiger partial charge in [0.2, 0.25) is 0 Å². The summed E-state index contributed by atoms with van der Waals surface area (Å²) in [5.74, 6) is 0.337. The van der Waals surface area contributed by atoms with E-state index in [2.05, 4.69) is 10.3 Å². The Morgan fingerprint density at radius 3 is 2.89 bits per heavy atom. The number of rotatable bonds is 4. The largest absolute Gasteiger partial charge is 0.383 e. The van der Waals surface area contributed by atoms with Crippen molar-refractivity contribution < 1.29 is 4.79 Å². The molecule has 2 aromatic rings. The number of hydrogen-bond donors (Lipinski definition) is 2. The number of carbonyl (C=O) groups is 1. The molecule has 0 saturated heterocycles. The monoisotopic (exact) mass is 258 g/mol. The van der Waals surface area contributed by atoms with Crippen LogP contribution in [0.25, 0.3) is 0 Å². The van der Waals surface area contributed by atoms with Gasteiger partial charge in [0.15, 0.2) is 0 Å². The smallest absolute Gasteiger partial charge is 0.268 e. The Balaban J connectivity index is 2.06. The van der Waals surface area contributed by atoms with Gasteiger partial charge in [0, 0.05) is 30.5 Å². The number of aromatic nitrogens is 2. The number of carbonyl (C=O) groups excluding carboxylic acids is 1. The maximum Gasteiger partial charge on any atom is 0.268 e. The van der Waals surface area contributed by atoms with Gasteiger partial charge in [-0.3, -0.25) is 4.79 Å². The molecule has 2 rings (SSSR count). The highest BCUT2D eigenvalue weighted by molar-refractivity contribution is 5.92. The van der Waals surface area contributed by atoms with E-state index in [9.17, 15) is 4.79 Å². The van der Waals surface area contributed by atoms with Crippen molar-refractivity contribution in [2.75, 3.05) is 5.73 Å². The maximum absolute atomic E-state index is 12.1. The Morgan fingerprint density at radius 2 is 2.21 bits per heavy atom. The molecule has 0 atom stereocenters. The molecule has 0 aromatic carbocycles. The molecule has 5 nitrogen and oxygen atoms in total. The predicted molar refractivity (Wildman–Crippen MR) is 74.6 cm³/mol. The lowest BCUT2D eigenvalue weighted by Crippen LogP contribution is -2.26. The second-order valence-electron chi connectivity index (χ2n) is 4.62. The molecule has 0 fully saturated rings. The van der Waals surface area contributed by atoms with E-state index < -0.39 is 0 Å². The molecule has 2 aromatic heterocycles. The lowest BCUT2D eigenvalue weighted by Gasteiger charge is -2.13. The minimum absolute atomic E-state index is 0.109. The molecule has 0 aliphatic rings. The molecule has 0 bridgehead atoms. The van der Waals surface area contributed by atoms with Crippen molar-refractivity contribution >= 4 is 11.7 Å². The quantitative estimate of drug-likeness (QED) is 0.880. The van der Waals surface area contributed by atoms with Crippen LogP contribution in [-0.4, -0.2) is 15.5 Å². The predicted octanol–water partition coefficient (Wildman–Crippen LogP) is 1.98. The van der Waals surface area contributed by atoms with Gasteiger partial charge in [0.25, 0.3) is 5.91 Å². The minimum atomic E-state index is -0.109. The topological polar surface area (TPSA) is 72.9 Å². The molecular formula is C14H18N4O. The SMILES string of the molecule is CC(C)n1cccc1C(=O)NCc1cccnc1N. The van der Waals surface area contributed by atoms with E-state index in [4.69, 9.17) is 5.73 Å². The first-order valence-electron chi connectivity index (χ1n) is 6.24. The molecule has 0 spiro atoms. The number of nitrogens with zero attached hydrogens (tertiary/aromatic N) is 2. The number of hydrogen-bond acceptors (Lipinski definition) is 3. The van der Waals surface area contributed by atoms with E-state index in [1.165, 1.54) is 0 Å². The fourth-order valence-corrected chi connectivity index (χ4v) is 1.90. The van der Waals surface area contributed by atoms with Crippen LogP contribution in [0.1, 0.15) is 35.9 Å². The second kappa shape index (κ2) is 5.56. The van der Waals surface area contributed by atoms with Crippen LogP contribution in [0, 0.1) is 0 Å². The van der Waals surface area contributed by atoms with Gasteiger partial charge >= 0.3 is 0 Å². The van der Waals surface area contributed by atoms with Crippen molar-refractivity contribution in [1.29, 1.82) is 0 Å². The summed E-state index contributed by atoms with van der Waals surface area (Å²) < 4.78 is 1.93. The Morgan fingerprint density at radius 1 is 1.42 bits per heavy atom. The van der Waals surface area contributed by atoms with Gasteiger partial charge in [-0.1, -0.05) is 6.07 Å². The summed E-state index contributed by atoms with van der Waals surface area (Å²) in [7, 11) is 0. The standard InChI is InChI=1S/C14H18N4O/c1-10(2)18-8-4-6-12(18)14(19)17-9-11-5-3-7-16-13(11)15/h3-8,10H,9H2,1-2H3,(H2,15,16)(H,17,19). The normalized spacial score (nSPS) is 10.7. The van der Waals surface area contributed by atoms with Crippen LogP contribution >= 0.6 is 0 Å².